The molecule has 0 saturated heterocycles. The van der Waals surface area contributed by atoms with Gasteiger partial charge in [-0.15, -0.1) is 11.3 Å². The van der Waals surface area contributed by atoms with Crippen LogP contribution in [0.2, 0.25) is 0 Å². The molecular formula is C5H9N3S. The maximum absolute atomic E-state index is 5.34. The number of hydrogen-bond donors (Lipinski definition) is 2. The zero-order valence-corrected chi connectivity index (χ0v) is 6.03. The Morgan fingerprint density at radius 2 is 2.67 bits per heavy atom. The van der Waals surface area contributed by atoms with E-state index in [2.05, 4.69) is 10.3 Å². The number of anilines is 1. The van der Waals surface area contributed by atoms with Gasteiger partial charge in [0.1, 0.15) is 10.8 Å². The fourth-order valence-corrected chi connectivity index (χ4v) is 1.18. The zero-order valence-electron chi connectivity index (χ0n) is 5.22. The molecule has 0 fully saturated rings. The molecule has 50 valence electrons. The van der Waals surface area contributed by atoms with E-state index in [0.29, 0.717) is 6.54 Å². The molecule has 9 heavy (non-hydrogen) atoms. The number of hydrogen-bond acceptors (Lipinski definition) is 4. The van der Waals surface area contributed by atoms with Gasteiger partial charge < -0.3 is 11.1 Å². The van der Waals surface area contributed by atoms with Crippen molar-refractivity contribution in [2.75, 3.05) is 12.4 Å². The second-order valence-electron chi connectivity index (χ2n) is 1.58. The highest BCUT2D eigenvalue weighted by molar-refractivity contribution is 7.10. The van der Waals surface area contributed by atoms with Crippen LogP contribution >= 0.6 is 11.3 Å². The van der Waals surface area contributed by atoms with Crippen LogP contribution in [0.3, 0.4) is 0 Å². The number of nitrogens with one attached hydrogen (secondary N) is 1. The predicted octanol–water partition coefficient (Wildman–Crippen LogP) is 0.644. The summed E-state index contributed by atoms with van der Waals surface area (Å²) >= 11 is 1.58. The molecule has 0 amide bonds. The summed E-state index contributed by atoms with van der Waals surface area (Å²) in [7, 11) is 1.84. The summed E-state index contributed by atoms with van der Waals surface area (Å²) in [6.07, 6.45) is 0. The van der Waals surface area contributed by atoms with E-state index < -0.39 is 0 Å². The Balaban J connectivity index is 2.74. The van der Waals surface area contributed by atoms with Crippen molar-refractivity contribution in [3.05, 3.63) is 10.4 Å². The van der Waals surface area contributed by atoms with E-state index in [-0.39, 0.29) is 0 Å². The molecular weight excluding hydrogens is 134 g/mol. The van der Waals surface area contributed by atoms with Crippen molar-refractivity contribution in [1.82, 2.24) is 4.98 Å². The van der Waals surface area contributed by atoms with Gasteiger partial charge in [-0.05, 0) is 0 Å². The average molecular weight is 143 g/mol. The lowest BCUT2D eigenvalue weighted by Gasteiger charge is -1.87. The van der Waals surface area contributed by atoms with E-state index >= 15 is 0 Å². The molecule has 1 rings (SSSR count). The van der Waals surface area contributed by atoms with Gasteiger partial charge >= 0.3 is 0 Å². The molecule has 0 saturated carbocycles. The Bertz CT molecular complexity index is 166. The third-order valence-corrected chi connectivity index (χ3v) is 1.85. The number of rotatable bonds is 2. The summed E-state index contributed by atoms with van der Waals surface area (Å²) in [6, 6.07) is 0. The quantitative estimate of drug-likeness (QED) is 0.639. The van der Waals surface area contributed by atoms with Gasteiger partial charge in [0, 0.05) is 19.0 Å². The van der Waals surface area contributed by atoms with E-state index in [9.17, 15) is 0 Å². The van der Waals surface area contributed by atoms with Crippen molar-refractivity contribution >= 4 is 17.2 Å². The first kappa shape index (κ1) is 6.51. The van der Waals surface area contributed by atoms with Gasteiger partial charge in [-0.25, -0.2) is 4.98 Å². The fourth-order valence-electron chi connectivity index (χ4n) is 0.519. The molecule has 1 aromatic heterocycles. The molecule has 0 radical (unpaired) electrons. The van der Waals surface area contributed by atoms with E-state index in [1.54, 1.807) is 11.3 Å². The molecule has 0 spiro atoms. The average Bonchev–Trinajstić information content (AvgIpc) is 2.34. The monoisotopic (exact) mass is 143 g/mol. The molecule has 3 N–H and O–H groups in total. The minimum Gasteiger partial charge on any atom is -0.372 e. The van der Waals surface area contributed by atoms with Crippen molar-refractivity contribution < 1.29 is 0 Å². The summed E-state index contributed by atoms with van der Waals surface area (Å²) in [6.45, 7) is 0.534. The zero-order chi connectivity index (χ0) is 6.69. The maximum atomic E-state index is 5.34. The number of nitrogens with zero attached hydrogens (tertiary/aromatic N) is 1. The van der Waals surface area contributed by atoms with E-state index in [4.69, 9.17) is 5.73 Å². The molecule has 0 unspecified atom stereocenters. The minimum absolute atomic E-state index is 0.534. The van der Waals surface area contributed by atoms with E-state index in [1.807, 2.05) is 12.4 Å². The van der Waals surface area contributed by atoms with Crippen molar-refractivity contribution in [3.63, 3.8) is 0 Å². The predicted molar refractivity (Wildman–Crippen MR) is 39.6 cm³/mol. The molecule has 0 bridgehead atoms. The Labute approximate surface area is 57.9 Å². The van der Waals surface area contributed by atoms with Gasteiger partial charge in [0.2, 0.25) is 0 Å². The lowest BCUT2D eigenvalue weighted by Crippen LogP contribution is -1.95. The highest BCUT2D eigenvalue weighted by Crippen LogP contribution is 2.11. The number of thiazole rings is 1. The Kier molecular flexibility index (Phi) is 2.02. The van der Waals surface area contributed by atoms with Crippen LogP contribution in [-0.4, -0.2) is 12.0 Å². The third-order valence-electron chi connectivity index (χ3n) is 0.983. The smallest absolute Gasteiger partial charge is 0.137 e. The Hall–Kier alpha value is -0.610. The second-order valence-corrected chi connectivity index (χ2v) is 2.52. The van der Waals surface area contributed by atoms with Crippen LogP contribution in [0.5, 0.6) is 0 Å². The first-order chi connectivity index (χ1) is 4.36. The van der Waals surface area contributed by atoms with Crippen LogP contribution < -0.4 is 11.1 Å². The lowest BCUT2D eigenvalue weighted by molar-refractivity contribution is 1.04. The minimum atomic E-state index is 0.534. The van der Waals surface area contributed by atoms with Gasteiger partial charge in [-0.1, -0.05) is 0 Å². The SMILES string of the molecule is CNc1csc(CN)n1. The molecule has 0 atom stereocenters. The molecule has 1 heterocycles. The van der Waals surface area contributed by atoms with Crippen LogP contribution in [-0.2, 0) is 6.54 Å². The summed E-state index contributed by atoms with van der Waals surface area (Å²) in [5.41, 5.74) is 5.34. The van der Waals surface area contributed by atoms with E-state index in [0.717, 1.165) is 10.8 Å². The van der Waals surface area contributed by atoms with Gasteiger partial charge in [-0.3, -0.25) is 0 Å². The number of aromatic nitrogens is 1. The molecule has 0 aliphatic heterocycles. The molecule has 4 heteroatoms. The van der Waals surface area contributed by atoms with Crippen LogP contribution in [0.15, 0.2) is 5.38 Å². The van der Waals surface area contributed by atoms with Crippen LogP contribution in [0.4, 0.5) is 5.82 Å². The fraction of sp³-hybridized carbons (Fsp3) is 0.400. The second kappa shape index (κ2) is 2.80. The highest BCUT2D eigenvalue weighted by atomic mass is 32.1. The van der Waals surface area contributed by atoms with Crippen molar-refractivity contribution in [2.45, 2.75) is 6.54 Å². The van der Waals surface area contributed by atoms with Crippen molar-refractivity contribution in [3.8, 4) is 0 Å². The van der Waals surface area contributed by atoms with Crippen molar-refractivity contribution in [2.24, 2.45) is 5.73 Å². The maximum Gasteiger partial charge on any atom is 0.137 e. The topological polar surface area (TPSA) is 50.9 Å². The van der Waals surface area contributed by atoms with Gasteiger partial charge in [0.25, 0.3) is 0 Å². The number of nitrogens with two attached hydrogens (primary N) is 1. The molecule has 3 nitrogen and oxygen atoms in total. The van der Waals surface area contributed by atoms with Crippen LogP contribution in [0.1, 0.15) is 5.01 Å². The summed E-state index contributed by atoms with van der Waals surface area (Å²) < 4.78 is 0. The lowest BCUT2D eigenvalue weighted by atomic mass is 10.7. The summed E-state index contributed by atoms with van der Waals surface area (Å²) in [5, 5.41) is 5.84. The van der Waals surface area contributed by atoms with Crippen LogP contribution in [0, 0.1) is 0 Å². The van der Waals surface area contributed by atoms with Gasteiger partial charge in [0.15, 0.2) is 0 Å². The highest BCUT2D eigenvalue weighted by Gasteiger charge is 1.94. The van der Waals surface area contributed by atoms with E-state index in [1.165, 1.54) is 0 Å². The summed E-state index contributed by atoms with van der Waals surface area (Å²) in [5.74, 6) is 0.903. The largest absolute Gasteiger partial charge is 0.372 e. The normalized spacial score (nSPS) is 9.56. The summed E-state index contributed by atoms with van der Waals surface area (Å²) in [4.78, 5) is 4.13. The molecule has 1 aromatic rings. The van der Waals surface area contributed by atoms with Gasteiger partial charge in [-0.2, -0.15) is 0 Å². The molecule has 0 aliphatic carbocycles. The van der Waals surface area contributed by atoms with Gasteiger partial charge in [0.05, 0.1) is 0 Å². The van der Waals surface area contributed by atoms with Crippen LogP contribution in [0.25, 0.3) is 0 Å². The Morgan fingerprint density at radius 1 is 1.89 bits per heavy atom. The molecule has 0 aromatic carbocycles. The Morgan fingerprint density at radius 3 is 3.00 bits per heavy atom. The third kappa shape index (κ3) is 1.40. The molecule has 0 aliphatic rings. The first-order valence-corrected chi connectivity index (χ1v) is 3.57. The first-order valence-electron chi connectivity index (χ1n) is 2.69. The van der Waals surface area contributed by atoms with Crippen molar-refractivity contribution in [1.29, 1.82) is 0 Å². The standard InChI is InChI=1S/C5H9N3S/c1-7-4-3-9-5(2-6)8-4/h3,7H,2,6H2,1H3.